The molecule has 0 saturated carbocycles. The fourth-order valence-corrected chi connectivity index (χ4v) is 7.04. The summed E-state index contributed by atoms with van der Waals surface area (Å²) in [5.74, 6) is 0.410. The Kier molecular flexibility index (Phi) is 5.08. The molecule has 33 heavy (non-hydrogen) atoms. The van der Waals surface area contributed by atoms with E-state index in [0.717, 1.165) is 38.8 Å². The van der Waals surface area contributed by atoms with Crippen LogP contribution in [0.1, 0.15) is 11.1 Å². The largest absolute Gasteiger partial charge is 0.326 e. The highest BCUT2D eigenvalue weighted by Gasteiger charge is 2.20. The average Bonchev–Trinajstić information content (AvgIpc) is 2.85. The van der Waals surface area contributed by atoms with E-state index in [-0.39, 0.29) is 0 Å². The van der Waals surface area contributed by atoms with Gasteiger partial charge >= 0.3 is 6.72 Å². The zero-order chi connectivity index (χ0) is 22.4. The van der Waals surface area contributed by atoms with Crippen molar-refractivity contribution in [3.05, 3.63) is 102 Å². The predicted octanol–water partition coefficient (Wildman–Crippen LogP) is 7.26. The molecule has 0 amide bonds. The summed E-state index contributed by atoms with van der Waals surface area (Å²) in [7, 11) is 0. The standard InChI is InChI=1S/C27H21N2O2PS/c30-32(31,33-17-23-7-2-6-21-8-3-15-28-27(21)23)29-16-22-12-11-20-10-9-18-4-1-5-19-13-14-24(22)26(20)25(18)19/h1-15H,16-17H2,(H2,29,30,31). The molecule has 6 rings (SSSR count). The monoisotopic (exact) mass is 468 g/mol. The number of nitrogens with zero attached hydrogens (tertiary/aromatic N) is 1. The Morgan fingerprint density at radius 2 is 1.42 bits per heavy atom. The highest BCUT2D eigenvalue weighted by Crippen LogP contribution is 2.52. The molecule has 1 heterocycles. The fourth-order valence-electron chi connectivity index (χ4n) is 4.62. The van der Waals surface area contributed by atoms with E-state index in [0.29, 0.717) is 12.3 Å². The zero-order valence-electron chi connectivity index (χ0n) is 17.7. The van der Waals surface area contributed by atoms with Crippen molar-refractivity contribution in [2.45, 2.75) is 12.3 Å². The lowest BCUT2D eigenvalue weighted by Crippen LogP contribution is -2.08. The van der Waals surface area contributed by atoms with Gasteiger partial charge in [0.25, 0.3) is 0 Å². The molecule has 1 unspecified atom stereocenters. The molecule has 0 saturated heterocycles. The molecule has 0 aliphatic heterocycles. The highest BCUT2D eigenvalue weighted by molar-refractivity contribution is 8.55. The van der Waals surface area contributed by atoms with Crippen LogP contribution in [-0.4, -0.2) is 9.88 Å². The van der Waals surface area contributed by atoms with Crippen molar-refractivity contribution >= 4 is 61.3 Å². The summed E-state index contributed by atoms with van der Waals surface area (Å²) in [5.41, 5.74) is 2.85. The molecule has 0 fully saturated rings. The Labute approximate surface area is 195 Å². The van der Waals surface area contributed by atoms with Crippen LogP contribution in [0, 0.1) is 0 Å². The predicted molar refractivity (Wildman–Crippen MR) is 140 cm³/mol. The van der Waals surface area contributed by atoms with Gasteiger partial charge in [0.1, 0.15) is 0 Å². The molecule has 1 aromatic heterocycles. The SMILES string of the molecule is O=P(O)(NCc1ccc2ccc3cccc4ccc1c2c34)SCc1cccc2cccnc12. The summed E-state index contributed by atoms with van der Waals surface area (Å²) in [6, 6.07) is 28.9. The van der Waals surface area contributed by atoms with Crippen LogP contribution in [0.25, 0.3) is 43.2 Å². The van der Waals surface area contributed by atoms with Crippen LogP contribution in [-0.2, 0) is 16.9 Å². The van der Waals surface area contributed by atoms with Gasteiger partial charge in [-0.2, -0.15) is 0 Å². The first-order valence-corrected chi connectivity index (χ1v) is 14.0. The Bertz CT molecular complexity index is 1660. The second kappa shape index (κ2) is 8.12. The maximum atomic E-state index is 13.0. The van der Waals surface area contributed by atoms with Crippen LogP contribution < -0.4 is 5.09 Å². The second-order valence-corrected chi connectivity index (χ2v) is 12.4. The van der Waals surface area contributed by atoms with E-state index in [1.165, 1.54) is 26.9 Å². The molecule has 6 heteroatoms. The molecule has 162 valence electrons. The van der Waals surface area contributed by atoms with E-state index in [1.54, 1.807) is 6.20 Å². The normalized spacial score (nSPS) is 13.8. The quantitative estimate of drug-likeness (QED) is 0.199. The van der Waals surface area contributed by atoms with Gasteiger partial charge < -0.3 is 4.89 Å². The van der Waals surface area contributed by atoms with E-state index in [2.05, 4.69) is 58.6 Å². The number of hydrogen-bond donors (Lipinski definition) is 2. The number of pyridine rings is 1. The Hall–Kier alpha value is -2.95. The zero-order valence-corrected chi connectivity index (χ0v) is 19.4. The van der Waals surface area contributed by atoms with Gasteiger partial charge in [0.15, 0.2) is 0 Å². The Balaban J connectivity index is 1.27. The second-order valence-electron chi connectivity index (χ2n) is 8.20. The first-order chi connectivity index (χ1) is 16.1. The minimum Gasteiger partial charge on any atom is -0.326 e. The van der Waals surface area contributed by atoms with E-state index >= 15 is 0 Å². The fraction of sp³-hybridized carbons (Fsp3) is 0.0741. The van der Waals surface area contributed by atoms with Crippen LogP contribution in [0.4, 0.5) is 0 Å². The molecular weight excluding hydrogens is 447 g/mol. The summed E-state index contributed by atoms with van der Waals surface area (Å²) in [5, 5.41) is 11.1. The van der Waals surface area contributed by atoms with Gasteiger partial charge in [0, 0.05) is 23.9 Å². The first kappa shape index (κ1) is 20.6. The van der Waals surface area contributed by atoms with Crippen LogP contribution in [0.3, 0.4) is 0 Å². The summed E-state index contributed by atoms with van der Waals surface area (Å²) < 4.78 is 13.0. The van der Waals surface area contributed by atoms with Gasteiger partial charge in [-0.05, 0) is 60.9 Å². The van der Waals surface area contributed by atoms with E-state index in [1.807, 2.05) is 36.4 Å². The number of nitrogens with one attached hydrogen (secondary N) is 1. The summed E-state index contributed by atoms with van der Waals surface area (Å²) >= 11 is 1.04. The molecule has 0 spiro atoms. The minimum atomic E-state index is -3.61. The van der Waals surface area contributed by atoms with Crippen LogP contribution >= 0.6 is 18.1 Å². The van der Waals surface area contributed by atoms with Gasteiger partial charge in [-0.25, -0.2) is 5.09 Å². The molecule has 0 bridgehead atoms. The first-order valence-electron chi connectivity index (χ1n) is 10.8. The maximum Gasteiger partial charge on any atom is 0.324 e. The van der Waals surface area contributed by atoms with Gasteiger partial charge in [0.2, 0.25) is 0 Å². The number of benzene rings is 5. The third-order valence-electron chi connectivity index (χ3n) is 6.20. The molecular formula is C27H21N2O2PS. The summed E-state index contributed by atoms with van der Waals surface area (Å²) in [6.07, 6.45) is 1.75. The van der Waals surface area contributed by atoms with Crippen LogP contribution in [0.2, 0.25) is 0 Å². The number of rotatable bonds is 6. The number of aromatic nitrogens is 1. The lowest BCUT2D eigenvalue weighted by Gasteiger charge is -2.16. The summed E-state index contributed by atoms with van der Waals surface area (Å²) in [6.45, 7) is -3.29. The smallest absolute Gasteiger partial charge is 0.324 e. The van der Waals surface area contributed by atoms with Crippen molar-refractivity contribution in [3.63, 3.8) is 0 Å². The molecule has 0 aliphatic carbocycles. The Morgan fingerprint density at radius 1 is 0.758 bits per heavy atom. The molecule has 5 aromatic carbocycles. The molecule has 6 aromatic rings. The van der Waals surface area contributed by atoms with Crippen molar-refractivity contribution in [1.82, 2.24) is 10.1 Å². The van der Waals surface area contributed by atoms with E-state index < -0.39 is 6.72 Å². The van der Waals surface area contributed by atoms with E-state index in [4.69, 9.17) is 0 Å². The number of para-hydroxylation sites is 1. The van der Waals surface area contributed by atoms with Crippen molar-refractivity contribution in [3.8, 4) is 0 Å². The lowest BCUT2D eigenvalue weighted by atomic mass is 9.92. The van der Waals surface area contributed by atoms with Gasteiger partial charge in [-0.15, -0.1) is 0 Å². The van der Waals surface area contributed by atoms with Gasteiger partial charge in [-0.1, -0.05) is 78.9 Å². The molecule has 0 aliphatic rings. The number of fused-ring (bicyclic) bond motifs is 1. The molecule has 1 atom stereocenters. The molecule has 0 radical (unpaired) electrons. The van der Waals surface area contributed by atoms with E-state index in [9.17, 15) is 9.46 Å². The highest BCUT2D eigenvalue weighted by atomic mass is 32.7. The topological polar surface area (TPSA) is 62.2 Å². The van der Waals surface area contributed by atoms with Crippen molar-refractivity contribution in [2.75, 3.05) is 0 Å². The Morgan fingerprint density at radius 3 is 2.27 bits per heavy atom. The van der Waals surface area contributed by atoms with Crippen molar-refractivity contribution in [2.24, 2.45) is 0 Å². The van der Waals surface area contributed by atoms with Crippen LogP contribution in [0.15, 0.2) is 91.1 Å². The van der Waals surface area contributed by atoms with Gasteiger partial charge in [-0.3, -0.25) is 9.55 Å². The maximum absolute atomic E-state index is 13.0. The van der Waals surface area contributed by atoms with Crippen LogP contribution in [0.5, 0.6) is 0 Å². The summed E-state index contributed by atoms with van der Waals surface area (Å²) in [4.78, 5) is 15.1. The molecule has 4 nitrogen and oxygen atoms in total. The minimum absolute atomic E-state index is 0.322. The number of hydrogen-bond acceptors (Lipinski definition) is 3. The molecule has 2 N–H and O–H groups in total. The van der Waals surface area contributed by atoms with Crippen molar-refractivity contribution in [1.29, 1.82) is 0 Å². The van der Waals surface area contributed by atoms with Crippen molar-refractivity contribution < 1.29 is 9.46 Å². The third kappa shape index (κ3) is 3.77. The average molecular weight is 469 g/mol. The third-order valence-corrected chi connectivity index (χ3v) is 9.37. The lowest BCUT2D eigenvalue weighted by molar-refractivity contribution is 0.482. The van der Waals surface area contributed by atoms with Gasteiger partial charge in [0.05, 0.1) is 5.52 Å².